The molecule has 8 rings (SSSR count). The summed E-state index contributed by atoms with van der Waals surface area (Å²) in [5.41, 5.74) is 5.05. The minimum atomic E-state index is -0.342. The van der Waals surface area contributed by atoms with Crippen LogP contribution >= 0.6 is 11.3 Å². The minimum Gasteiger partial charge on any atom is -0.497 e. The molecule has 1 fully saturated rings. The maximum Gasteiger partial charge on any atom is 0.410 e. The Kier molecular flexibility index (Phi) is 11.4. The first-order valence-electron chi connectivity index (χ1n) is 18.9. The molecular weight excluding hydrogens is 745 g/mol. The third-order valence-corrected chi connectivity index (χ3v) is 10.6. The van der Waals surface area contributed by atoms with Gasteiger partial charge in [-0.1, -0.05) is 55.5 Å². The number of nitrogens with zero attached hydrogens (tertiary/aromatic N) is 10. The first-order chi connectivity index (χ1) is 28.0. The van der Waals surface area contributed by atoms with Crippen LogP contribution in [0, 0.1) is 0 Å². The van der Waals surface area contributed by atoms with Gasteiger partial charge in [-0.05, 0) is 41.8 Å². The molecule has 57 heavy (non-hydrogen) atoms. The molecule has 7 aromatic rings. The zero-order valence-corrected chi connectivity index (χ0v) is 33.0. The second-order valence-corrected chi connectivity index (χ2v) is 14.4. The molecule has 0 aliphatic carbocycles. The van der Waals surface area contributed by atoms with E-state index in [4.69, 9.17) is 39.0 Å². The van der Waals surface area contributed by atoms with Crippen LogP contribution in [0.15, 0.2) is 90.6 Å². The summed E-state index contributed by atoms with van der Waals surface area (Å²) in [5, 5.41) is 7.60. The molecule has 1 aliphatic rings. The lowest BCUT2D eigenvalue weighted by atomic mass is 10.2. The van der Waals surface area contributed by atoms with Crippen molar-refractivity contribution in [2.75, 3.05) is 56.8 Å². The molecule has 0 unspecified atom stereocenters. The van der Waals surface area contributed by atoms with Crippen LogP contribution in [0.4, 0.5) is 16.7 Å². The Labute approximate surface area is 334 Å². The van der Waals surface area contributed by atoms with Crippen LogP contribution in [0.25, 0.3) is 27.3 Å². The van der Waals surface area contributed by atoms with Gasteiger partial charge in [0.25, 0.3) is 0 Å². The molecular formula is C41H44N10O5S. The number of anilines is 2. The van der Waals surface area contributed by atoms with E-state index in [9.17, 15) is 4.79 Å². The molecule has 4 aromatic heterocycles. The number of carbonyl (C=O) groups excluding carboxylic acids is 1. The van der Waals surface area contributed by atoms with Crippen molar-refractivity contribution in [2.45, 2.75) is 39.8 Å². The summed E-state index contributed by atoms with van der Waals surface area (Å²) in [6, 6.07) is 23.5. The van der Waals surface area contributed by atoms with Crippen molar-refractivity contribution < 1.29 is 23.7 Å². The number of aromatic nitrogens is 7. The standard InChI is InChI=1S/C41H44N10O5S/c1-4-22-55-28-50-35(44-33-11-8-12-34(54-3)36(33)50)26-49(25-29-13-15-31(53-2)16-14-29)40-46-39(45-37-32(24-43-51(37)40)38-42-17-23-57-38)47-18-20-48(21-19-47)41(52)56-27-30-9-6-5-7-10-30/h5-17,23-24H,4,18-22,25-28H2,1-3H3. The van der Waals surface area contributed by atoms with E-state index in [1.54, 1.807) is 36.0 Å². The van der Waals surface area contributed by atoms with Crippen LogP contribution in [0.1, 0.15) is 30.3 Å². The van der Waals surface area contributed by atoms with Gasteiger partial charge in [-0.25, -0.2) is 14.8 Å². The van der Waals surface area contributed by atoms with Crippen molar-refractivity contribution in [1.82, 2.24) is 39.0 Å². The van der Waals surface area contributed by atoms with Crippen LogP contribution < -0.4 is 19.3 Å². The number of methoxy groups -OCH3 is 2. The van der Waals surface area contributed by atoms with E-state index < -0.39 is 0 Å². The van der Waals surface area contributed by atoms with Gasteiger partial charge in [0.15, 0.2) is 5.65 Å². The van der Waals surface area contributed by atoms with Crippen molar-refractivity contribution in [3.63, 3.8) is 0 Å². The van der Waals surface area contributed by atoms with E-state index in [0.717, 1.165) is 50.7 Å². The van der Waals surface area contributed by atoms with Crippen molar-refractivity contribution in [3.05, 3.63) is 108 Å². The molecule has 294 valence electrons. The van der Waals surface area contributed by atoms with E-state index in [-0.39, 0.29) is 12.7 Å². The van der Waals surface area contributed by atoms with Gasteiger partial charge < -0.3 is 33.6 Å². The smallest absolute Gasteiger partial charge is 0.410 e. The maximum atomic E-state index is 13.1. The molecule has 0 atom stereocenters. The Morgan fingerprint density at radius 3 is 2.44 bits per heavy atom. The van der Waals surface area contributed by atoms with Gasteiger partial charge in [0, 0.05) is 50.9 Å². The average Bonchev–Trinajstić information content (AvgIpc) is 4.02. The lowest BCUT2D eigenvalue weighted by molar-refractivity contribution is 0.0779. The van der Waals surface area contributed by atoms with E-state index in [1.165, 1.54) is 11.3 Å². The lowest BCUT2D eigenvalue weighted by Crippen LogP contribution is -2.49. The molecule has 0 bridgehead atoms. The van der Waals surface area contributed by atoms with Gasteiger partial charge in [0.05, 0.1) is 38.0 Å². The lowest BCUT2D eigenvalue weighted by Gasteiger charge is -2.34. The van der Waals surface area contributed by atoms with Gasteiger partial charge in [0.2, 0.25) is 11.9 Å². The Hall–Kier alpha value is -6.26. The summed E-state index contributed by atoms with van der Waals surface area (Å²) in [4.78, 5) is 39.2. The molecule has 0 saturated carbocycles. The molecule has 1 saturated heterocycles. The molecule has 1 amide bonds. The first-order valence-corrected chi connectivity index (χ1v) is 19.7. The quantitative estimate of drug-likeness (QED) is 0.103. The fourth-order valence-electron chi connectivity index (χ4n) is 6.85. The van der Waals surface area contributed by atoms with E-state index >= 15 is 0 Å². The van der Waals surface area contributed by atoms with Gasteiger partial charge in [0.1, 0.15) is 41.2 Å². The van der Waals surface area contributed by atoms with Crippen LogP contribution in [0.5, 0.6) is 11.5 Å². The third-order valence-electron chi connectivity index (χ3n) is 9.77. The number of hydrogen-bond donors (Lipinski definition) is 0. The van der Waals surface area contributed by atoms with Crippen molar-refractivity contribution in [2.24, 2.45) is 0 Å². The van der Waals surface area contributed by atoms with Gasteiger partial charge in [-0.2, -0.15) is 19.6 Å². The number of piperazine rings is 1. The zero-order chi connectivity index (χ0) is 39.1. The Morgan fingerprint density at radius 2 is 1.70 bits per heavy atom. The maximum absolute atomic E-state index is 13.1. The number of hydrogen-bond acceptors (Lipinski definition) is 13. The molecule has 3 aromatic carbocycles. The predicted octanol–water partition coefficient (Wildman–Crippen LogP) is 6.66. The summed E-state index contributed by atoms with van der Waals surface area (Å²) >= 11 is 1.52. The molecule has 0 radical (unpaired) electrons. The average molecular weight is 789 g/mol. The molecule has 15 nitrogen and oxygen atoms in total. The van der Waals surface area contributed by atoms with Crippen LogP contribution in [-0.2, 0) is 35.9 Å². The monoisotopic (exact) mass is 788 g/mol. The number of benzene rings is 3. The van der Waals surface area contributed by atoms with Gasteiger partial charge in [-0.15, -0.1) is 11.3 Å². The zero-order valence-electron chi connectivity index (χ0n) is 32.2. The highest BCUT2D eigenvalue weighted by Gasteiger charge is 2.28. The Morgan fingerprint density at radius 1 is 0.877 bits per heavy atom. The third kappa shape index (κ3) is 8.18. The number of fused-ring (bicyclic) bond motifs is 2. The second-order valence-electron chi connectivity index (χ2n) is 13.5. The number of rotatable bonds is 15. The van der Waals surface area contributed by atoms with Gasteiger partial charge in [-0.3, -0.25) is 4.57 Å². The van der Waals surface area contributed by atoms with Crippen LogP contribution in [0.3, 0.4) is 0 Å². The molecule has 16 heteroatoms. The van der Waals surface area contributed by atoms with E-state index in [0.29, 0.717) is 75.9 Å². The largest absolute Gasteiger partial charge is 0.497 e. The number of para-hydroxylation sites is 1. The molecule has 5 heterocycles. The van der Waals surface area contributed by atoms with Gasteiger partial charge >= 0.3 is 6.09 Å². The van der Waals surface area contributed by atoms with E-state index in [2.05, 4.69) is 26.3 Å². The molecule has 0 N–H and O–H groups in total. The summed E-state index contributed by atoms with van der Waals surface area (Å²) in [6.07, 6.45) is 4.11. The summed E-state index contributed by atoms with van der Waals surface area (Å²) in [5.74, 6) is 3.33. The topological polar surface area (TPSA) is 137 Å². The van der Waals surface area contributed by atoms with Crippen molar-refractivity contribution in [1.29, 1.82) is 0 Å². The first kappa shape index (κ1) is 37.7. The summed E-state index contributed by atoms with van der Waals surface area (Å²) in [6.45, 7) is 5.95. The fourth-order valence-corrected chi connectivity index (χ4v) is 7.49. The summed E-state index contributed by atoms with van der Waals surface area (Å²) in [7, 11) is 3.32. The normalized spacial score (nSPS) is 13.0. The highest BCUT2D eigenvalue weighted by Crippen LogP contribution is 2.32. The van der Waals surface area contributed by atoms with E-state index in [1.807, 2.05) is 78.2 Å². The Balaban J connectivity index is 1.17. The SMILES string of the molecule is CCCOCn1c(CN(Cc2ccc(OC)cc2)c2nc(N3CCN(C(=O)OCc4ccccc4)CC3)nc3c(-c4nccs4)cnn23)nc2cccc(OC)c21. The van der Waals surface area contributed by atoms with Crippen molar-refractivity contribution >= 4 is 46.0 Å². The number of ether oxygens (including phenoxy) is 4. The number of amides is 1. The van der Waals surface area contributed by atoms with Crippen LogP contribution in [-0.4, -0.2) is 92.1 Å². The van der Waals surface area contributed by atoms with Crippen molar-refractivity contribution in [3.8, 4) is 22.1 Å². The second kappa shape index (κ2) is 17.3. The predicted molar refractivity (Wildman–Crippen MR) is 218 cm³/mol. The Bertz CT molecular complexity index is 2410. The van der Waals surface area contributed by atoms with Crippen LogP contribution in [0.2, 0.25) is 0 Å². The number of carbonyl (C=O) groups is 1. The fraction of sp³-hybridized carbons (Fsp3) is 0.317. The summed E-state index contributed by atoms with van der Waals surface area (Å²) < 4.78 is 26.9. The minimum absolute atomic E-state index is 0.221. The highest BCUT2D eigenvalue weighted by atomic mass is 32.1. The number of thiazole rings is 1. The molecule has 0 spiro atoms. The molecule has 1 aliphatic heterocycles. The number of imidazole rings is 1. The highest BCUT2D eigenvalue weighted by molar-refractivity contribution is 7.13.